The fourth-order valence-corrected chi connectivity index (χ4v) is 6.08. The fourth-order valence-electron chi connectivity index (χ4n) is 6.08. The van der Waals surface area contributed by atoms with Crippen LogP contribution in [0.2, 0.25) is 0 Å². The lowest BCUT2D eigenvalue weighted by atomic mass is 9.73. The number of carbonyl (C=O) groups excluding carboxylic acids is 2. The molecule has 0 saturated carbocycles. The molecule has 0 aromatic rings. The van der Waals surface area contributed by atoms with Gasteiger partial charge in [-0.25, -0.2) is 0 Å². The second-order valence-corrected chi connectivity index (χ2v) is 13.3. The summed E-state index contributed by atoms with van der Waals surface area (Å²) in [5.74, 6) is 1.30. The van der Waals surface area contributed by atoms with Crippen molar-refractivity contribution in [3.05, 3.63) is 93.6 Å². The Labute approximate surface area is 264 Å². The van der Waals surface area contributed by atoms with Gasteiger partial charge in [0, 0.05) is 11.1 Å². The van der Waals surface area contributed by atoms with Gasteiger partial charge in [-0.3, -0.25) is 9.59 Å². The van der Waals surface area contributed by atoms with E-state index in [1.807, 2.05) is 39.8 Å². The zero-order chi connectivity index (χ0) is 32.7. The van der Waals surface area contributed by atoms with Crippen LogP contribution in [0.4, 0.5) is 0 Å². The van der Waals surface area contributed by atoms with Gasteiger partial charge in [-0.2, -0.15) is 0 Å². The van der Waals surface area contributed by atoms with Gasteiger partial charge in [0.05, 0.1) is 25.0 Å². The first kappa shape index (κ1) is 35.3. The van der Waals surface area contributed by atoms with Gasteiger partial charge in [-0.15, -0.1) is 0 Å². The maximum Gasteiger partial charge on any atom is 0.171 e. The van der Waals surface area contributed by atoms with E-state index in [0.717, 1.165) is 62.5 Å². The van der Waals surface area contributed by atoms with E-state index in [1.54, 1.807) is 38.5 Å². The Balaban J connectivity index is 0.000000240. The highest BCUT2D eigenvalue weighted by Gasteiger charge is 2.39. The predicted molar refractivity (Wildman–Crippen MR) is 177 cm³/mol. The van der Waals surface area contributed by atoms with Crippen molar-refractivity contribution in [2.75, 3.05) is 14.2 Å². The summed E-state index contributed by atoms with van der Waals surface area (Å²) in [5.41, 5.74) is 4.45. The molecule has 0 amide bonds. The maximum absolute atomic E-state index is 12.9. The van der Waals surface area contributed by atoms with E-state index in [2.05, 4.69) is 26.0 Å². The highest BCUT2D eigenvalue weighted by atomic mass is 16.5. The number of fused-ring (bicyclic) bond motifs is 4. The number of aliphatic hydroxyl groups is 2. The van der Waals surface area contributed by atoms with Crippen LogP contribution >= 0.6 is 0 Å². The van der Waals surface area contributed by atoms with Crippen molar-refractivity contribution < 1.29 is 29.3 Å². The van der Waals surface area contributed by atoms with Crippen LogP contribution in [-0.2, 0) is 19.1 Å². The molecule has 240 valence electrons. The summed E-state index contributed by atoms with van der Waals surface area (Å²) >= 11 is 0. The number of carbonyl (C=O) groups is 2. The number of hydrogen-bond acceptors (Lipinski definition) is 6. The maximum atomic E-state index is 12.9. The molecule has 44 heavy (non-hydrogen) atoms. The summed E-state index contributed by atoms with van der Waals surface area (Å²) < 4.78 is 10.7. The van der Waals surface area contributed by atoms with Gasteiger partial charge in [-0.05, 0) is 117 Å². The van der Waals surface area contributed by atoms with E-state index in [4.69, 9.17) is 9.47 Å². The van der Waals surface area contributed by atoms with Crippen molar-refractivity contribution in [1.29, 1.82) is 0 Å². The molecule has 0 radical (unpaired) electrons. The molecule has 4 rings (SSSR count). The van der Waals surface area contributed by atoms with E-state index in [0.29, 0.717) is 22.7 Å². The van der Waals surface area contributed by atoms with Gasteiger partial charge in [0.25, 0.3) is 0 Å². The molecule has 4 aliphatic rings. The predicted octanol–water partition coefficient (Wildman–Crippen LogP) is 7.72. The summed E-state index contributed by atoms with van der Waals surface area (Å²) in [5, 5.41) is 20.9. The number of ether oxygens (including phenoxy) is 2. The smallest absolute Gasteiger partial charge is 0.171 e. The lowest BCUT2D eigenvalue weighted by Gasteiger charge is -2.31. The Bertz CT molecular complexity index is 1260. The van der Waals surface area contributed by atoms with Crippen LogP contribution in [0.3, 0.4) is 0 Å². The van der Waals surface area contributed by atoms with Gasteiger partial charge < -0.3 is 19.7 Å². The molecule has 6 heteroatoms. The Kier molecular flexibility index (Phi) is 12.2. The van der Waals surface area contributed by atoms with Crippen LogP contribution in [0, 0.1) is 10.8 Å². The lowest BCUT2D eigenvalue weighted by molar-refractivity contribution is -0.124. The van der Waals surface area contributed by atoms with E-state index >= 15 is 0 Å². The molecule has 0 aliphatic heterocycles. The van der Waals surface area contributed by atoms with Crippen LogP contribution in [0.5, 0.6) is 0 Å². The minimum atomic E-state index is -0.866. The van der Waals surface area contributed by atoms with Gasteiger partial charge >= 0.3 is 0 Å². The number of aliphatic hydroxyl groups excluding tert-OH is 2. The Morgan fingerprint density at radius 1 is 0.636 bits per heavy atom. The van der Waals surface area contributed by atoms with E-state index in [9.17, 15) is 19.8 Å². The molecule has 6 nitrogen and oxygen atoms in total. The number of hydrogen-bond donors (Lipinski definition) is 2. The second kappa shape index (κ2) is 15.2. The van der Waals surface area contributed by atoms with E-state index in [1.165, 1.54) is 11.1 Å². The summed E-state index contributed by atoms with van der Waals surface area (Å²) in [6.45, 7) is 12.1. The average molecular weight is 605 g/mol. The third kappa shape index (κ3) is 8.92. The van der Waals surface area contributed by atoms with Crippen molar-refractivity contribution >= 4 is 11.6 Å². The topological polar surface area (TPSA) is 93.1 Å². The molecule has 4 bridgehead atoms. The quantitative estimate of drug-likeness (QED) is 0.314. The summed E-state index contributed by atoms with van der Waals surface area (Å²) in [6, 6.07) is 0. The van der Waals surface area contributed by atoms with Gasteiger partial charge in [0.15, 0.2) is 11.6 Å². The molecule has 0 aromatic heterocycles. The van der Waals surface area contributed by atoms with Gasteiger partial charge in [-0.1, -0.05) is 46.6 Å². The zero-order valence-electron chi connectivity index (χ0n) is 28.0. The number of Topliss-reactive ketones (excluding diaryl/α,β-unsaturated/α-hetero) is 2. The molecular formula is C38H52O6. The Morgan fingerprint density at radius 2 is 1.00 bits per heavy atom. The van der Waals surface area contributed by atoms with Crippen molar-refractivity contribution in [2.24, 2.45) is 10.8 Å². The summed E-state index contributed by atoms with van der Waals surface area (Å²) in [4.78, 5) is 25.7. The monoisotopic (exact) mass is 604 g/mol. The first-order valence-electron chi connectivity index (χ1n) is 15.8. The van der Waals surface area contributed by atoms with Crippen LogP contribution in [0.25, 0.3) is 0 Å². The average Bonchev–Trinajstić information content (AvgIpc) is 2.97. The molecule has 0 unspecified atom stereocenters. The third-order valence-corrected chi connectivity index (χ3v) is 9.21. The number of rotatable bonds is 2. The van der Waals surface area contributed by atoms with Crippen LogP contribution in [0.15, 0.2) is 93.6 Å². The molecule has 0 spiro atoms. The van der Waals surface area contributed by atoms with E-state index in [-0.39, 0.29) is 11.6 Å². The summed E-state index contributed by atoms with van der Waals surface area (Å²) in [7, 11) is 3.19. The Morgan fingerprint density at radius 3 is 1.34 bits per heavy atom. The molecule has 4 atom stereocenters. The van der Waals surface area contributed by atoms with Crippen LogP contribution in [-0.4, -0.2) is 48.2 Å². The van der Waals surface area contributed by atoms with Crippen LogP contribution in [0.1, 0.15) is 92.9 Å². The first-order chi connectivity index (χ1) is 20.7. The second-order valence-electron chi connectivity index (χ2n) is 13.3. The molecule has 0 fully saturated rings. The van der Waals surface area contributed by atoms with Crippen molar-refractivity contribution in [3.8, 4) is 0 Å². The van der Waals surface area contributed by atoms with E-state index < -0.39 is 23.0 Å². The molecule has 0 saturated heterocycles. The summed E-state index contributed by atoms with van der Waals surface area (Å²) in [6.07, 6.45) is 20.4. The minimum absolute atomic E-state index is 0.00164. The van der Waals surface area contributed by atoms with Crippen molar-refractivity contribution in [1.82, 2.24) is 0 Å². The fraction of sp³-hybridized carbons (Fsp3) is 0.526. The van der Waals surface area contributed by atoms with Crippen LogP contribution < -0.4 is 0 Å². The molecule has 2 N–H and O–H groups in total. The number of ketones is 2. The highest BCUT2D eigenvalue weighted by molar-refractivity contribution is 6.04. The minimum Gasteiger partial charge on any atom is -0.497 e. The lowest BCUT2D eigenvalue weighted by Crippen LogP contribution is -2.34. The number of methoxy groups -OCH3 is 2. The van der Waals surface area contributed by atoms with Gasteiger partial charge in [0.1, 0.15) is 23.7 Å². The SMILES string of the molecule is COC1=C[C@@]2(C)CC/C(C)=C/CC/C(C)=C/[C@@H](O)C(=C1)C2=O.COC1=C[C@]2(C)CC/C(C)=C/CC/C(C)=C/[C@H](O)C(=C1)C2=O. The first-order valence-corrected chi connectivity index (χ1v) is 15.8. The van der Waals surface area contributed by atoms with Crippen molar-refractivity contribution in [3.63, 3.8) is 0 Å². The molecule has 0 aromatic carbocycles. The zero-order valence-corrected chi connectivity index (χ0v) is 28.0. The Hall–Kier alpha value is -3.22. The molecule has 4 aliphatic carbocycles. The van der Waals surface area contributed by atoms with Crippen molar-refractivity contribution in [2.45, 2.75) is 105 Å². The third-order valence-electron chi connectivity index (χ3n) is 9.21. The highest BCUT2D eigenvalue weighted by Crippen LogP contribution is 2.39. The molecular weight excluding hydrogens is 552 g/mol. The number of allylic oxidation sites excluding steroid dienone is 10. The normalized spacial score (nSPS) is 35.0. The standard InChI is InChI=1S/2C19H26O3/c2*1-13-6-5-7-14(2)10-17(20)16-11-15(22-4)12-19(3,9-8-13)18(16)21/h2*6,10-12,17,20H,5,7-9H2,1-4H3/b2*13-6+,14-10+/t2*17-,19-/m10/s1. The molecule has 0 heterocycles. The largest absolute Gasteiger partial charge is 0.497 e. The van der Waals surface area contributed by atoms with Gasteiger partial charge in [0.2, 0.25) is 0 Å².